The highest BCUT2D eigenvalue weighted by Crippen LogP contribution is 2.46. The van der Waals surface area contributed by atoms with Crippen LogP contribution in [-0.2, 0) is 16.5 Å². The molecule has 18 heavy (non-hydrogen) atoms. The van der Waals surface area contributed by atoms with Gasteiger partial charge in [-0.3, -0.25) is 4.68 Å². The Bertz CT molecular complexity index is 490. The maximum absolute atomic E-state index is 13.6. The molecule has 1 aliphatic heterocycles. The van der Waals surface area contributed by atoms with Gasteiger partial charge in [0.05, 0.1) is 18.9 Å². The molecule has 3 rings (SSSR count). The molecule has 4 nitrogen and oxygen atoms in total. The maximum atomic E-state index is 13.6. The lowest BCUT2D eigenvalue weighted by Crippen LogP contribution is -2.39. The van der Waals surface area contributed by atoms with Gasteiger partial charge >= 0.3 is 0 Å². The molecule has 2 aliphatic rings. The van der Waals surface area contributed by atoms with Gasteiger partial charge < -0.3 is 9.47 Å². The van der Waals surface area contributed by atoms with Crippen molar-refractivity contribution in [1.82, 2.24) is 9.78 Å². The summed E-state index contributed by atoms with van der Waals surface area (Å²) in [6, 6.07) is 1.69. The van der Waals surface area contributed by atoms with E-state index in [2.05, 4.69) is 5.10 Å². The molecule has 98 valence electrons. The zero-order chi connectivity index (χ0) is 12.8. The average molecular weight is 256 g/mol. The molecule has 0 radical (unpaired) electrons. The fourth-order valence-corrected chi connectivity index (χ4v) is 2.52. The molecule has 0 saturated carbocycles. The second-order valence-electron chi connectivity index (χ2n) is 4.61. The van der Waals surface area contributed by atoms with Gasteiger partial charge in [0, 0.05) is 31.7 Å². The van der Waals surface area contributed by atoms with E-state index in [9.17, 15) is 8.78 Å². The molecule has 1 aliphatic carbocycles. The van der Waals surface area contributed by atoms with Crippen molar-refractivity contribution in [3.05, 3.63) is 24.0 Å². The van der Waals surface area contributed by atoms with E-state index >= 15 is 0 Å². The lowest BCUT2D eigenvalue weighted by atomic mass is 9.88. The topological polar surface area (TPSA) is 36.3 Å². The zero-order valence-corrected chi connectivity index (χ0v) is 10.0. The van der Waals surface area contributed by atoms with Crippen LogP contribution in [0.4, 0.5) is 8.78 Å². The summed E-state index contributed by atoms with van der Waals surface area (Å²) >= 11 is 0. The first-order chi connectivity index (χ1) is 8.53. The molecule has 1 fully saturated rings. The smallest absolute Gasteiger partial charge is 0.267 e. The standard InChI is InChI=1S/C12H14F2N2O2/c1-16-10(2-5-15-16)9-8-11(13,14)3-4-12(9)17-6-7-18-12/h2,5,8H,3-4,6-7H2,1H3. The number of hydrogen-bond acceptors (Lipinski definition) is 3. The monoisotopic (exact) mass is 256 g/mol. The number of alkyl halides is 2. The fourth-order valence-electron chi connectivity index (χ4n) is 2.52. The number of nitrogens with zero attached hydrogens (tertiary/aromatic N) is 2. The van der Waals surface area contributed by atoms with E-state index in [1.165, 1.54) is 0 Å². The van der Waals surface area contributed by atoms with Crippen molar-refractivity contribution in [2.24, 2.45) is 7.05 Å². The maximum Gasteiger partial charge on any atom is 0.267 e. The molecule has 1 aromatic heterocycles. The molecule has 0 aromatic carbocycles. The van der Waals surface area contributed by atoms with Crippen molar-refractivity contribution < 1.29 is 18.3 Å². The van der Waals surface area contributed by atoms with Crippen molar-refractivity contribution in [2.45, 2.75) is 24.6 Å². The third kappa shape index (κ3) is 1.76. The number of aryl methyl sites for hydroxylation is 1. The highest BCUT2D eigenvalue weighted by molar-refractivity contribution is 5.70. The Morgan fingerprint density at radius 1 is 1.28 bits per heavy atom. The zero-order valence-electron chi connectivity index (χ0n) is 10.0. The van der Waals surface area contributed by atoms with Crippen molar-refractivity contribution in [3.8, 4) is 0 Å². The van der Waals surface area contributed by atoms with E-state index in [0.29, 0.717) is 24.5 Å². The van der Waals surface area contributed by atoms with Gasteiger partial charge in [-0.05, 0) is 12.1 Å². The first-order valence-corrected chi connectivity index (χ1v) is 5.90. The van der Waals surface area contributed by atoms with E-state index in [1.54, 1.807) is 24.0 Å². The van der Waals surface area contributed by atoms with Crippen LogP contribution in [0.3, 0.4) is 0 Å². The second kappa shape index (κ2) is 3.86. The quantitative estimate of drug-likeness (QED) is 0.770. The first-order valence-electron chi connectivity index (χ1n) is 5.90. The van der Waals surface area contributed by atoms with Crippen LogP contribution in [0.25, 0.3) is 5.57 Å². The highest BCUT2D eigenvalue weighted by atomic mass is 19.3. The Balaban J connectivity index is 2.10. The summed E-state index contributed by atoms with van der Waals surface area (Å²) in [6.45, 7) is 0.863. The molecule has 1 aromatic rings. The molecule has 1 saturated heterocycles. The molecule has 6 heteroatoms. The minimum Gasteiger partial charge on any atom is -0.343 e. The number of rotatable bonds is 1. The van der Waals surface area contributed by atoms with Gasteiger partial charge in [0.1, 0.15) is 0 Å². The van der Waals surface area contributed by atoms with Gasteiger partial charge in [-0.1, -0.05) is 0 Å². The number of ether oxygens (including phenoxy) is 2. The van der Waals surface area contributed by atoms with Crippen LogP contribution in [0.5, 0.6) is 0 Å². The van der Waals surface area contributed by atoms with Crippen LogP contribution in [-0.4, -0.2) is 34.7 Å². The summed E-state index contributed by atoms with van der Waals surface area (Å²) in [5, 5.41) is 4.01. The first kappa shape index (κ1) is 11.8. The molecule has 0 N–H and O–H groups in total. The molecule has 0 amide bonds. The van der Waals surface area contributed by atoms with E-state index < -0.39 is 11.7 Å². The van der Waals surface area contributed by atoms with Crippen LogP contribution in [0.1, 0.15) is 18.5 Å². The minimum atomic E-state index is -2.82. The molecule has 0 atom stereocenters. The normalized spacial score (nSPS) is 25.4. The third-order valence-corrected chi connectivity index (χ3v) is 3.40. The summed E-state index contributed by atoms with van der Waals surface area (Å²) in [5.74, 6) is -3.84. The van der Waals surface area contributed by atoms with Crippen LogP contribution in [0.15, 0.2) is 18.3 Å². The van der Waals surface area contributed by atoms with Crippen LogP contribution in [0.2, 0.25) is 0 Å². The van der Waals surface area contributed by atoms with Crippen molar-refractivity contribution in [2.75, 3.05) is 13.2 Å². The van der Waals surface area contributed by atoms with Gasteiger partial charge in [-0.25, -0.2) is 8.78 Å². The Hall–Kier alpha value is -1.27. The van der Waals surface area contributed by atoms with Crippen LogP contribution in [0, 0.1) is 0 Å². The van der Waals surface area contributed by atoms with Gasteiger partial charge in [-0.15, -0.1) is 0 Å². The van der Waals surface area contributed by atoms with E-state index in [-0.39, 0.29) is 12.8 Å². The van der Waals surface area contributed by atoms with E-state index in [0.717, 1.165) is 6.08 Å². The predicted octanol–water partition coefficient (Wildman–Crippen LogP) is 1.98. The van der Waals surface area contributed by atoms with Gasteiger partial charge in [0.25, 0.3) is 5.92 Å². The minimum absolute atomic E-state index is 0.164. The largest absolute Gasteiger partial charge is 0.343 e. The molecule has 0 bridgehead atoms. The fraction of sp³-hybridized carbons (Fsp3) is 0.583. The van der Waals surface area contributed by atoms with Gasteiger partial charge in [-0.2, -0.15) is 5.10 Å². The lowest BCUT2D eigenvalue weighted by Gasteiger charge is -2.35. The van der Waals surface area contributed by atoms with Crippen molar-refractivity contribution in [3.63, 3.8) is 0 Å². The number of allylic oxidation sites excluding steroid dienone is 1. The van der Waals surface area contributed by atoms with Crippen LogP contribution < -0.4 is 0 Å². The van der Waals surface area contributed by atoms with Gasteiger partial charge in [0.2, 0.25) is 0 Å². The number of halogens is 2. The average Bonchev–Trinajstić information content (AvgIpc) is 2.93. The molecule has 1 spiro atoms. The third-order valence-electron chi connectivity index (χ3n) is 3.40. The lowest BCUT2D eigenvalue weighted by molar-refractivity contribution is -0.133. The summed E-state index contributed by atoms with van der Waals surface area (Å²) in [5.41, 5.74) is 0.993. The Morgan fingerprint density at radius 2 is 2.00 bits per heavy atom. The Kier molecular flexibility index (Phi) is 2.53. The summed E-state index contributed by atoms with van der Waals surface area (Å²) in [4.78, 5) is 0. The van der Waals surface area contributed by atoms with Crippen molar-refractivity contribution in [1.29, 1.82) is 0 Å². The number of hydrogen-bond donors (Lipinski definition) is 0. The Morgan fingerprint density at radius 3 is 2.61 bits per heavy atom. The van der Waals surface area contributed by atoms with Crippen molar-refractivity contribution >= 4 is 5.57 Å². The van der Waals surface area contributed by atoms with Gasteiger partial charge in [0.15, 0.2) is 5.79 Å². The summed E-state index contributed by atoms with van der Waals surface area (Å²) in [7, 11) is 1.71. The SMILES string of the molecule is Cn1nccc1C1=CC(F)(F)CCC12OCCO2. The Labute approximate surface area is 103 Å². The predicted molar refractivity (Wildman–Crippen MR) is 60.0 cm³/mol. The molecule has 0 unspecified atom stereocenters. The second-order valence-corrected chi connectivity index (χ2v) is 4.61. The summed E-state index contributed by atoms with van der Waals surface area (Å²) in [6.07, 6.45) is 2.44. The van der Waals surface area contributed by atoms with Crippen LogP contribution >= 0.6 is 0 Å². The highest BCUT2D eigenvalue weighted by Gasteiger charge is 2.49. The molecular weight excluding hydrogens is 242 g/mol. The van der Waals surface area contributed by atoms with E-state index in [1.807, 2.05) is 0 Å². The molecular formula is C12H14F2N2O2. The number of aromatic nitrogens is 2. The van der Waals surface area contributed by atoms with E-state index in [4.69, 9.17) is 9.47 Å². The summed E-state index contributed by atoms with van der Waals surface area (Å²) < 4.78 is 40.0. The molecule has 2 heterocycles.